The second-order valence-corrected chi connectivity index (χ2v) is 9.46. The fourth-order valence-corrected chi connectivity index (χ4v) is 5.49. The maximum Gasteiger partial charge on any atom is 0.184 e. The van der Waals surface area contributed by atoms with Crippen molar-refractivity contribution in [3.8, 4) is 11.5 Å². The zero-order valence-corrected chi connectivity index (χ0v) is 20.9. The Morgan fingerprint density at radius 3 is 1.78 bits per heavy atom. The van der Waals surface area contributed by atoms with Gasteiger partial charge in [-0.1, -0.05) is 27.7 Å². The maximum atomic E-state index is 13.1. The minimum Gasteiger partial charge on any atom is -0.590 e. The van der Waals surface area contributed by atoms with Crippen molar-refractivity contribution in [1.82, 2.24) is 9.80 Å². The van der Waals surface area contributed by atoms with E-state index in [2.05, 4.69) is 37.5 Å². The summed E-state index contributed by atoms with van der Waals surface area (Å²) in [5.41, 5.74) is 0. The summed E-state index contributed by atoms with van der Waals surface area (Å²) in [5, 5.41) is 2.02. The normalized spacial score (nSPS) is 12.4. The predicted octanol–water partition coefficient (Wildman–Crippen LogP) is 5.94. The van der Waals surface area contributed by atoms with Crippen molar-refractivity contribution in [3.63, 3.8) is 0 Å². The Kier molecular flexibility index (Phi) is 9.60. The highest BCUT2D eigenvalue weighted by Gasteiger charge is 2.17. The van der Waals surface area contributed by atoms with Crippen LogP contribution in [0.25, 0.3) is 20.2 Å². The fraction of sp³-hybridized carbons (Fsp3) is 0.538. The molecule has 0 saturated heterocycles. The first-order chi connectivity index (χ1) is 15.6. The van der Waals surface area contributed by atoms with Crippen LogP contribution in [0.5, 0.6) is 11.5 Å². The second-order valence-electron chi connectivity index (χ2n) is 8.04. The van der Waals surface area contributed by atoms with E-state index < -0.39 is 10.8 Å². The Labute approximate surface area is 195 Å². The van der Waals surface area contributed by atoms with E-state index in [-0.39, 0.29) is 0 Å². The lowest BCUT2D eigenvalue weighted by Crippen LogP contribution is -2.25. The summed E-state index contributed by atoms with van der Waals surface area (Å²) in [7, 11) is -1.18. The van der Waals surface area contributed by atoms with Crippen molar-refractivity contribution in [2.24, 2.45) is 0 Å². The van der Waals surface area contributed by atoms with Gasteiger partial charge >= 0.3 is 0 Å². The van der Waals surface area contributed by atoms with Gasteiger partial charge in [-0.2, -0.15) is 0 Å². The van der Waals surface area contributed by atoms with Crippen molar-refractivity contribution >= 4 is 30.9 Å². The van der Waals surface area contributed by atoms with Gasteiger partial charge < -0.3 is 23.8 Å². The number of rotatable bonds is 14. The third-order valence-corrected chi connectivity index (χ3v) is 7.65. The number of hydrogen-bond acceptors (Lipinski definition) is 5. The molecule has 6 heteroatoms. The molecule has 3 aromatic rings. The Balaban J connectivity index is 1.65. The molecule has 1 unspecified atom stereocenters. The standard InChI is InChI=1S/C26H38N2O3S/c1-5-27(6-2)15-9-17-30-21-12-14-25-24(19-21)23-13-11-22(20-26(23)32(25)29)31-18-10-16-28(7-3)8-4/h11-14,19-20H,5-10,15-18H2,1-4H3. The van der Waals surface area contributed by atoms with E-state index in [9.17, 15) is 4.55 Å². The molecule has 1 aromatic heterocycles. The molecule has 3 rings (SSSR count). The topological polar surface area (TPSA) is 48.0 Å². The van der Waals surface area contributed by atoms with Crippen LogP contribution in [-0.2, 0) is 0 Å². The molecule has 0 amide bonds. The quantitative estimate of drug-likeness (QED) is 0.221. The maximum absolute atomic E-state index is 13.1. The van der Waals surface area contributed by atoms with Crippen LogP contribution >= 0.6 is 10.8 Å². The average Bonchev–Trinajstić information content (AvgIpc) is 3.10. The molecule has 1 atom stereocenters. The van der Waals surface area contributed by atoms with Gasteiger partial charge in [-0.15, -0.1) is 0 Å². The van der Waals surface area contributed by atoms with Crippen molar-refractivity contribution < 1.29 is 14.0 Å². The molecule has 0 radical (unpaired) electrons. The van der Waals surface area contributed by atoms with Crippen LogP contribution in [0.15, 0.2) is 36.4 Å². The van der Waals surface area contributed by atoms with Crippen LogP contribution in [-0.4, -0.2) is 66.8 Å². The van der Waals surface area contributed by atoms with Gasteiger partial charge in [0.05, 0.1) is 18.6 Å². The first-order valence-corrected chi connectivity index (χ1v) is 13.2. The van der Waals surface area contributed by atoms with Gasteiger partial charge in [0.25, 0.3) is 0 Å². The second kappa shape index (κ2) is 12.4. The van der Waals surface area contributed by atoms with E-state index in [1.807, 2.05) is 36.4 Å². The monoisotopic (exact) mass is 458 g/mol. The van der Waals surface area contributed by atoms with Gasteiger partial charge in [-0.25, -0.2) is 0 Å². The van der Waals surface area contributed by atoms with Crippen LogP contribution in [0.4, 0.5) is 0 Å². The smallest absolute Gasteiger partial charge is 0.184 e. The highest BCUT2D eigenvalue weighted by atomic mass is 32.2. The molecule has 0 bridgehead atoms. The number of thiophene rings is 1. The fourth-order valence-electron chi connectivity index (χ4n) is 4.09. The minimum absolute atomic E-state index is 0.667. The van der Waals surface area contributed by atoms with Crippen molar-refractivity contribution in [3.05, 3.63) is 36.4 Å². The largest absolute Gasteiger partial charge is 0.590 e. The van der Waals surface area contributed by atoms with Crippen molar-refractivity contribution in [1.29, 1.82) is 0 Å². The average molecular weight is 459 g/mol. The van der Waals surface area contributed by atoms with Crippen LogP contribution in [0, 0.1) is 0 Å². The SMILES string of the molecule is CCN(CC)CCCOc1ccc2c(c1)c1ccc(OCCCN(CC)CC)cc1[s+]2[O-]. The van der Waals surface area contributed by atoms with Crippen LogP contribution < -0.4 is 9.47 Å². The van der Waals surface area contributed by atoms with E-state index in [1.54, 1.807) is 0 Å². The van der Waals surface area contributed by atoms with Gasteiger partial charge in [-0.05, 0) is 74.0 Å². The Morgan fingerprint density at radius 1 is 0.688 bits per heavy atom. The molecule has 1 heterocycles. The lowest BCUT2D eigenvalue weighted by Gasteiger charge is -2.17. The summed E-state index contributed by atoms with van der Waals surface area (Å²) in [6.45, 7) is 16.4. The Hall–Kier alpha value is -1.86. The van der Waals surface area contributed by atoms with Gasteiger partial charge in [0.15, 0.2) is 9.40 Å². The number of benzene rings is 2. The number of ether oxygens (including phenoxy) is 2. The third kappa shape index (κ3) is 6.13. The molecule has 0 spiro atoms. The minimum atomic E-state index is -1.18. The number of nitrogens with zero attached hydrogens (tertiary/aromatic N) is 2. The van der Waals surface area contributed by atoms with Gasteiger partial charge in [0.2, 0.25) is 0 Å². The molecule has 0 aliphatic carbocycles. The van der Waals surface area contributed by atoms with E-state index in [0.717, 1.165) is 83.8 Å². The summed E-state index contributed by atoms with van der Waals surface area (Å²) >= 11 is 0. The number of hydrogen-bond donors (Lipinski definition) is 0. The summed E-state index contributed by atoms with van der Waals surface area (Å²) in [6, 6.07) is 11.9. The number of fused-ring (bicyclic) bond motifs is 3. The molecule has 5 nitrogen and oxygen atoms in total. The molecule has 0 N–H and O–H groups in total. The molecular formula is C26H38N2O3S. The Bertz CT molecular complexity index is 980. The van der Waals surface area contributed by atoms with E-state index in [0.29, 0.717) is 13.2 Å². The summed E-state index contributed by atoms with van der Waals surface area (Å²) in [4.78, 5) is 4.79. The van der Waals surface area contributed by atoms with Gasteiger partial charge in [0, 0.05) is 30.6 Å². The van der Waals surface area contributed by atoms with Crippen molar-refractivity contribution in [2.45, 2.75) is 40.5 Å². The van der Waals surface area contributed by atoms with E-state index in [1.165, 1.54) is 0 Å². The zero-order chi connectivity index (χ0) is 22.9. The van der Waals surface area contributed by atoms with Crippen molar-refractivity contribution in [2.75, 3.05) is 52.5 Å². The molecule has 0 fully saturated rings. The molecule has 176 valence electrons. The zero-order valence-electron chi connectivity index (χ0n) is 20.1. The van der Waals surface area contributed by atoms with Gasteiger partial charge in [0.1, 0.15) is 11.5 Å². The van der Waals surface area contributed by atoms with E-state index >= 15 is 0 Å². The Morgan fingerprint density at radius 2 is 1.22 bits per heavy atom. The molecular weight excluding hydrogens is 420 g/mol. The van der Waals surface area contributed by atoms with Crippen LogP contribution in [0.2, 0.25) is 0 Å². The van der Waals surface area contributed by atoms with Crippen LogP contribution in [0.3, 0.4) is 0 Å². The first-order valence-electron chi connectivity index (χ1n) is 12.0. The molecule has 0 aliphatic heterocycles. The lowest BCUT2D eigenvalue weighted by molar-refractivity contribution is 0.249. The predicted molar refractivity (Wildman–Crippen MR) is 136 cm³/mol. The summed E-state index contributed by atoms with van der Waals surface area (Å²) < 4.78 is 26.7. The highest BCUT2D eigenvalue weighted by molar-refractivity contribution is 7.37. The third-order valence-electron chi connectivity index (χ3n) is 6.16. The van der Waals surface area contributed by atoms with E-state index in [4.69, 9.17) is 9.47 Å². The summed E-state index contributed by atoms with van der Waals surface area (Å²) in [5.74, 6) is 1.63. The van der Waals surface area contributed by atoms with Gasteiger partial charge in [-0.3, -0.25) is 0 Å². The molecule has 0 aliphatic rings. The lowest BCUT2D eigenvalue weighted by atomic mass is 10.1. The first kappa shape index (κ1) is 24.8. The van der Waals surface area contributed by atoms with Crippen LogP contribution in [0.1, 0.15) is 40.5 Å². The summed E-state index contributed by atoms with van der Waals surface area (Å²) in [6.07, 6.45) is 1.98. The molecule has 2 aromatic carbocycles. The molecule has 0 saturated carbocycles. The highest BCUT2D eigenvalue weighted by Crippen LogP contribution is 2.43. The molecule has 32 heavy (non-hydrogen) atoms.